The second kappa shape index (κ2) is 14.2. The quantitative estimate of drug-likeness (QED) is 0.392. The van der Waals surface area contributed by atoms with Gasteiger partial charge in [-0.15, -0.1) is 0 Å². The van der Waals surface area contributed by atoms with Gasteiger partial charge in [-0.2, -0.15) is 0 Å². The summed E-state index contributed by atoms with van der Waals surface area (Å²) in [5.41, 5.74) is 1.82. The van der Waals surface area contributed by atoms with Gasteiger partial charge in [0, 0.05) is 56.4 Å². The molecule has 2 aromatic rings. The molecule has 8 heteroatoms. The number of pyridine rings is 2. The van der Waals surface area contributed by atoms with Crippen LogP contribution in [0.4, 0.5) is 10.2 Å². The van der Waals surface area contributed by atoms with Crippen LogP contribution in [0.15, 0.2) is 24.4 Å². The highest BCUT2D eigenvalue weighted by atomic mass is 35.5. The Morgan fingerprint density at radius 1 is 1.14 bits per heavy atom. The minimum absolute atomic E-state index is 0. The number of aromatic nitrogens is 2. The molecule has 0 spiro atoms. The van der Waals surface area contributed by atoms with Crippen LogP contribution in [0, 0.1) is 17.7 Å². The van der Waals surface area contributed by atoms with Gasteiger partial charge in [-0.05, 0) is 81.9 Å². The van der Waals surface area contributed by atoms with Crippen molar-refractivity contribution in [3.63, 3.8) is 0 Å². The number of hydrogen-bond acceptors (Lipinski definition) is 6. The molecule has 2 fully saturated rings. The van der Waals surface area contributed by atoms with Crippen molar-refractivity contribution in [2.24, 2.45) is 11.8 Å². The molecule has 0 bridgehead atoms. The summed E-state index contributed by atoms with van der Waals surface area (Å²) in [5.74, 6) is 1.40. The first-order chi connectivity index (χ1) is 17.0. The number of halogens is 2. The zero-order chi connectivity index (χ0) is 24.6. The third-order valence-electron chi connectivity index (χ3n) is 7.21. The number of nitrogens with zero attached hydrogens (tertiary/aromatic N) is 2. The molecule has 6 nitrogen and oxygen atoms in total. The topological polar surface area (TPSA) is 68.3 Å². The predicted octanol–water partition coefficient (Wildman–Crippen LogP) is 6.14. The molecule has 1 aliphatic carbocycles. The normalized spacial score (nSPS) is 21.6. The van der Waals surface area contributed by atoms with Crippen molar-refractivity contribution < 1.29 is 13.9 Å². The van der Waals surface area contributed by atoms with Crippen LogP contribution in [0.5, 0.6) is 0 Å². The molecule has 4 rings (SSSR count). The van der Waals surface area contributed by atoms with E-state index in [4.69, 9.17) is 21.1 Å². The molecule has 200 valence electrons. The van der Waals surface area contributed by atoms with Gasteiger partial charge in [-0.3, -0.25) is 4.98 Å². The Hall–Kier alpha value is -1.80. The fraction of sp³-hybridized carbons (Fsp3) is 0.643. The lowest BCUT2D eigenvalue weighted by Gasteiger charge is -2.31. The minimum atomic E-state index is -0.377. The van der Waals surface area contributed by atoms with Crippen molar-refractivity contribution in [2.75, 3.05) is 38.8 Å². The SMILES string of the molecule is C.COC[C@@H](C)NC1CCC(Cc2cc(-c3nc(NCC4CCOCC4)ccc3F)c(Cl)cn2)CC1. The fourth-order valence-electron chi connectivity index (χ4n) is 5.23. The Kier molecular flexibility index (Phi) is 11.4. The first kappa shape index (κ1) is 28.8. The lowest BCUT2D eigenvalue weighted by atomic mass is 9.83. The zero-order valence-corrected chi connectivity index (χ0v) is 21.6. The zero-order valence-electron chi connectivity index (χ0n) is 20.9. The molecule has 2 aliphatic rings. The number of methoxy groups -OCH3 is 1. The van der Waals surface area contributed by atoms with Crippen molar-refractivity contribution in [3.05, 3.63) is 40.9 Å². The number of rotatable bonds is 10. The summed E-state index contributed by atoms with van der Waals surface area (Å²) < 4.78 is 25.5. The average Bonchev–Trinajstić information content (AvgIpc) is 2.87. The van der Waals surface area contributed by atoms with E-state index in [0.717, 1.165) is 77.0 Å². The summed E-state index contributed by atoms with van der Waals surface area (Å²) >= 11 is 6.47. The lowest BCUT2D eigenvalue weighted by Crippen LogP contribution is -2.41. The van der Waals surface area contributed by atoms with Gasteiger partial charge < -0.3 is 20.1 Å². The van der Waals surface area contributed by atoms with E-state index in [1.54, 1.807) is 19.4 Å². The molecule has 2 N–H and O–H groups in total. The molecule has 0 amide bonds. The Labute approximate surface area is 220 Å². The molecule has 2 aromatic heterocycles. The molecule has 1 aliphatic heterocycles. The van der Waals surface area contributed by atoms with Gasteiger partial charge >= 0.3 is 0 Å². The van der Waals surface area contributed by atoms with Gasteiger partial charge in [-0.25, -0.2) is 9.37 Å². The first-order valence-corrected chi connectivity index (χ1v) is 13.3. The van der Waals surface area contributed by atoms with Crippen molar-refractivity contribution in [2.45, 2.75) is 71.4 Å². The number of nitrogens with one attached hydrogen (secondary N) is 2. The van der Waals surface area contributed by atoms with Gasteiger partial charge in [0.2, 0.25) is 0 Å². The average molecular weight is 521 g/mol. The van der Waals surface area contributed by atoms with E-state index < -0.39 is 0 Å². The van der Waals surface area contributed by atoms with E-state index in [-0.39, 0.29) is 18.9 Å². The van der Waals surface area contributed by atoms with Crippen molar-refractivity contribution in [3.8, 4) is 11.3 Å². The van der Waals surface area contributed by atoms with Gasteiger partial charge in [0.25, 0.3) is 0 Å². The van der Waals surface area contributed by atoms with Crippen LogP contribution < -0.4 is 10.6 Å². The molecule has 1 saturated carbocycles. The largest absolute Gasteiger partial charge is 0.383 e. The molecular weight excluding hydrogens is 479 g/mol. The van der Waals surface area contributed by atoms with E-state index >= 15 is 0 Å². The first-order valence-electron chi connectivity index (χ1n) is 12.9. The maximum atomic E-state index is 14.8. The molecule has 1 atom stereocenters. The van der Waals surface area contributed by atoms with Crippen LogP contribution in [-0.2, 0) is 15.9 Å². The highest BCUT2D eigenvalue weighted by Gasteiger charge is 2.23. The summed E-state index contributed by atoms with van der Waals surface area (Å²) in [4.78, 5) is 9.14. The Bertz CT molecular complexity index is 949. The van der Waals surface area contributed by atoms with E-state index in [1.165, 1.54) is 6.07 Å². The van der Waals surface area contributed by atoms with Gasteiger partial charge in [0.15, 0.2) is 0 Å². The van der Waals surface area contributed by atoms with Crippen molar-refractivity contribution >= 4 is 17.4 Å². The molecule has 0 aromatic carbocycles. The second-order valence-corrected chi connectivity index (χ2v) is 10.5. The number of hydrogen-bond donors (Lipinski definition) is 2. The van der Waals surface area contributed by atoms with Crippen molar-refractivity contribution in [1.29, 1.82) is 0 Å². The van der Waals surface area contributed by atoms with Gasteiger partial charge in [0.05, 0.1) is 11.6 Å². The maximum Gasteiger partial charge on any atom is 0.149 e. The lowest BCUT2D eigenvalue weighted by molar-refractivity contribution is 0.0699. The Balaban J connectivity index is 0.00000361. The van der Waals surface area contributed by atoms with Crippen LogP contribution in [0.2, 0.25) is 5.02 Å². The second-order valence-electron chi connectivity index (χ2n) is 10.1. The molecular formula is C28H42ClFN4O2. The number of ether oxygens (including phenoxy) is 2. The molecule has 36 heavy (non-hydrogen) atoms. The van der Waals surface area contributed by atoms with Gasteiger partial charge in [-0.1, -0.05) is 19.0 Å². The van der Waals surface area contributed by atoms with Crippen LogP contribution in [0.3, 0.4) is 0 Å². The molecule has 0 radical (unpaired) electrons. The highest BCUT2D eigenvalue weighted by molar-refractivity contribution is 6.33. The molecule has 3 heterocycles. The van der Waals surface area contributed by atoms with Crippen LogP contribution in [0.1, 0.15) is 58.6 Å². The number of anilines is 1. The maximum absolute atomic E-state index is 14.8. The summed E-state index contributed by atoms with van der Waals surface area (Å²) in [5, 5.41) is 7.45. The third-order valence-corrected chi connectivity index (χ3v) is 7.51. The molecule has 1 saturated heterocycles. The van der Waals surface area contributed by atoms with E-state index in [9.17, 15) is 4.39 Å². The smallest absolute Gasteiger partial charge is 0.149 e. The van der Waals surface area contributed by atoms with Crippen molar-refractivity contribution in [1.82, 2.24) is 15.3 Å². The predicted molar refractivity (Wildman–Crippen MR) is 145 cm³/mol. The summed E-state index contributed by atoms with van der Waals surface area (Å²) in [6.07, 6.45) is 9.16. The van der Waals surface area contributed by atoms with Crippen LogP contribution in [0.25, 0.3) is 11.3 Å². The Morgan fingerprint density at radius 2 is 1.89 bits per heavy atom. The van der Waals surface area contributed by atoms with Crippen LogP contribution in [-0.4, -0.2) is 55.5 Å². The third kappa shape index (κ3) is 8.10. The summed E-state index contributed by atoms with van der Waals surface area (Å²) in [7, 11) is 1.74. The van der Waals surface area contributed by atoms with E-state index in [0.29, 0.717) is 40.3 Å². The van der Waals surface area contributed by atoms with Gasteiger partial charge in [0.1, 0.15) is 17.3 Å². The molecule has 0 unspecified atom stereocenters. The standard InChI is InChI=1S/C27H38ClFN4O2.CH4/c1-18(17-34-2)32-21-5-3-19(4-6-21)13-22-14-23(24(28)16-30-22)27-25(29)7-8-26(33-27)31-15-20-9-11-35-12-10-20;/h7-8,14,16,18-21,32H,3-6,9-13,15,17H2,1-2H3,(H,31,33);1H4/t18-,19?,21?;/m1./s1. The summed E-state index contributed by atoms with van der Waals surface area (Å²) in [6.45, 7) is 5.30. The fourth-order valence-corrected chi connectivity index (χ4v) is 5.43. The Morgan fingerprint density at radius 3 is 2.61 bits per heavy atom. The van der Waals surface area contributed by atoms with E-state index in [2.05, 4.69) is 27.5 Å². The monoisotopic (exact) mass is 520 g/mol. The minimum Gasteiger partial charge on any atom is -0.383 e. The summed E-state index contributed by atoms with van der Waals surface area (Å²) in [6, 6.07) is 5.98. The van der Waals surface area contributed by atoms with Crippen LogP contribution >= 0.6 is 11.6 Å². The highest BCUT2D eigenvalue weighted by Crippen LogP contribution is 2.32. The van der Waals surface area contributed by atoms with E-state index in [1.807, 2.05) is 6.07 Å².